The van der Waals surface area contributed by atoms with Gasteiger partial charge >= 0.3 is 0 Å². The molecule has 5 N–H and O–H groups in total. The normalized spacial score (nSPS) is 9.87. The van der Waals surface area contributed by atoms with Crippen LogP contribution < -0.4 is 21.5 Å². The first-order valence-corrected chi connectivity index (χ1v) is 4.42. The first-order valence-electron chi connectivity index (χ1n) is 4.42. The second kappa shape index (κ2) is 5.27. The average molecular weight is 213 g/mol. The van der Waals surface area contributed by atoms with Crippen molar-refractivity contribution in [2.24, 2.45) is 5.84 Å². The number of hydrazine groups is 1. The lowest BCUT2D eigenvalue weighted by Crippen LogP contribution is -2.19. The van der Waals surface area contributed by atoms with E-state index >= 15 is 0 Å². The van der Waals surface area contributed by atoms with Crippen molar-refractivity contribution in [1.29, 1.82) is 0 Å². The highest BCUT2D eigenvalue weighted by Crippen LogP contribution is 2.09. The molecular weight excluding hydrogens is 198 g/mol. The molecule has 0 aliphatic carbocycles. The summed E-state index contributed by atoms with van der Waals surface area (Å²) in [5.41, 5.74) is 2.35. The molecule has 8 heteroatoms. The quantitative estimate of drug-likeness (QED) is 0.350. The molecule has 0 aromatic carbocycles. The minimum absolute atomic E-state index is 0.00830. The van der Waals surface area contributed by atoms with Crippen molar-refractivity contribution >= 4 is 17.8 Å². The van der Waals surface area contributed by atoms with E-state index in [2.05, 4.69) is 25.7 Å². The Bertz CT molecular complexity index is 316. The van der Waals surface area contributed by atoms with Crippen LogP contribution in [-0.4, -0.2) is 47.3 Å². The van der Waals surface area contributed by atoms with E-state index in [1.54, 1.807) is 4.90 Å². The molecule has 0 fully saturated rings. The molecule has 1 aromatic rings. The predicted molar refractivity (Wildman–Crippen MR) is 57.5 cm³/mol. The zero-order chi connectivity index (χ0) is 11.3. The molecule has 0 bridgehead atoms. The van der Waals surface area contributed by atoms with E-state index in [1.807, 2.05) is 14.1 Å². The van der Waals surface area contributed by atoms with Crippen LogP contribution in [0.15, 0.2) is 0 Å². The van der Waals surface area contributed by atoms with E-state index < -0.39 is 0 Å². The zero-order valence-electron chi connectivity index (χ0n) is 8.73. The van der Waals surface area contributed by atoms with Crippen molar-refractivity contribution in [1.82, 2.24) is 15.0 Å². The summed E-state index contributed by atoms with van der Waals surface area (Å²) in [5, 5.41) is 11.5. The van der Waals surface area contributed by atoms with Crippen LogP contribution in [-0.2, 0) is 0 Å². The number of nitrogens with one attached hydrogen (secondary N) is 2. The molecule has 0 saturated heterocycles. The Balaban J connectivity index is 2.90. The number of nitrogens with two attached hydrogens (primary N) is 1. The van der Waals surface area contributed by atoms with Crippen LogP contribution in [0.5, 0.6) is 0 Å². The molecular formula is C7H15N7O. The smallest absolute Gasteiger partial charge is 0.243 e. The summed E-state index contributed by atoms with van der Waals surface area (Å²) in [4.78, 5) is 13.8. The van der Waals surface area contributed by atoms with Gasteiger partial charge in [-0.2, -0.15) is 15.0 Å². The third-order valence-corrected chi connectivity index (χ3v) is 1.55. The molecule has 0 radical (unpaired) electrons. The first kappa shape index (κ1) is 11.4. The maximum Gasteiger partial charge on any atom is 0.243 e. The standard InChI is InChI=1S/C7H15N7O/c1-14(2)7-11-5(9-3-4-15)10-6(12-7)13-8/h15H,3-4,8H2,1-2H3,(H2,9,10,11,12,13). The van der Waals surface area contributed by atoms with E-state index in [0.717, 1.165) is 0 Å². The zero-order valence-corrected chi connectivity index (χ0v) is 8.73. The highest BCUT2D eigenvalue weighted by Gasteiger charge is 2.06. The number of hydrogen-bond donors (Lipinski definition) is 4. The molecule has 0 aliphatic rings. The van der Waals surface area contributed by atoms with Gasteiger partial charge in [-0.05, 0) is 0 Å². The van der Waals surface area contributed by atoms with Gasteiger partial charge in [-0.3, -0.25) is 5.43 Å². The number of anilines is 3. The van der Waals surface area contributed by atoms with Crippen LogP contribution in [0.3, 0.4) is 0 Å². The van der Waals surface area contributed by atoms with Gasteiger partial charge in [-0.1, -0.05) is 0 Å². The lowest BCUT2D eigenvalue weighted by molar-refractivity contribution is 0.311. The summed E-state index contributed by atoms with van der Waals surface area (Å²) in [6, 6.07) is 0. The summed E-state index contributed by atoms with van der Waals surface area (Å²) in [7, 11) is 3.62. The van der Waals surface area contributed by atoms with Gasteiger partial charge in [0, 0.05) is 20.6 Å². The van der Waals surface area contributed by atoms with Gasteiger partial charge < -0.3 is 15.3 Å². The monoisotopic (exact) mass is 213 g/mol. The molecule has 1 aromatic heterocycles. The van der Waals surface area contributed by atoms with Gasteiger partial charge in [-0.15, -0.1) is 0 Å². The minimum atomic E-state index is 0.00830. The predicted octanol–water partition coefficient (Wildman–Crippen LogP) is -1.37. The first-order chi connectivity index (χ1) is 7.17. The summed E-state index contributed by atoms with van der Waals surface area (Å²) >= 11 is 0. The summed E-state index contributed by atoms with van der Waals surface area (Å²) in [6.45, 7) is 0.384. The molecule has 0 aliphatic heterocycles. The van der Waals surface area contributed by atoms with Crippen molar-refractivity contribution in [3.05, 3.63) is 0 Å². The average Bonchev–Trinajstić information content (AvgIpc) is 2.25. The van der Waals surface area contributed by atoms with E-state index in [9.17, 15) is 0 Å². The maximum atomic E-state index is 8.65. The Morgan fingerprint density at radius 1 is 1.27 bits per heavy atom. The number of nitrogens with zero attached hydrogens (tertiary/aromatic N) is 4. The van der Waals surface area contributed by atoms with Crippen molar-refractivity contribution in [3.63, 3.8) is 0 Å². The van der Waals surface area contributed by atoms with Gasteiger partial charge in [0.05, 0.1) is 6.61 Å². The Kier molecular flexibility index (Phi) is 4.01. The highest BCUT2D eigenvalue weighted by molar-refractivity contribution is 5.42. The molecule has 84 valence electrons. The van der Waals surface area contributed by atoms with Crippen molar-refractivity contribution in [2.45, 2.75) is 0 Å². The van der Waals surface area contributed by atoms with Crippen LogP contribution in [0.2, 0.25) is 0 Å². The van der Waals surface area contributed by atoms with Gasteiger partial charge in [0.2, 0.25) is 17.8 Å². The lowest BCUT2D eigenvalue weighted by Gasteiger charge is -2.12. The molecule has 0 amide bonds. The molecule has 0 spiro atoms. The van der Waals surface area contributed by atoms with Crippen LogP contribution in [0.4, 0.5) is 17.8 Å². The Hall–Kier alpha value is -1.67. The molecule has 8 nitrogen and oxygen atoms in total. The third kappa shape index (κ3) is 3.18. The number of aromatic nitrogens is 3. The highest BCUT2D eigenvalue weighted by atomic mass is 16.3. The van der Waals surface area contributed by atoms with Gasteiger partial charge in [0.15, 0.2) is 0 Å². The Morgan fingerprint density at radius 2 is 1.93 bits per heavy atom. The second-order valence-corrected chi connectivity index (χ2v) is 2.97. The Morgan fingerprint density at radius 3 is 2.47 bits per heavy atom. The molecule has 0 unspecified atom stereocenters. The van der Waals surface area contributed by atoms with Crippen LogP contribution >= 0.6 is 0 Å². The minimum Gasteiger partial charge on any atom is -0.395 e. The van der Waals surface area contributed by atoms with Crippen LogP contribution in [0.1, 0.15) is 0 Å². The fraction of sp³-hybridized carbons (Fsp3) is 0.571. The third-order valence-electron chi connectivity index (χ3n) is 1.55. The number of nitrogen functional groups attached to an aromatic ring is 1. The van der Waals surface area contributed by atoms with E-state index in [0.29, 0.717) is 18.4 Å². The molecule has 15 heavy (non-hydrogen) atoms. The van der Waals surface area contributed by atoms with Gasteiger partial charge in [-0.25, -0.2) is 5.84 Å². The van der Waals surface area contributed by atoms with Crippen molar-refractivity contribution in [2.75, 3.05) is 42.9 Å². The molecule has 0 saturated carbocycles. The molecule has 0 atom stereocenters. The van der Waals surface area contributed by atoms with E-state index in [-0.39, 0.29) is 12.6 Å². The molecule has 1 rings (SSSR count). The fourth-order valence-electron chi connectivity index (χ4n) is 0.876. The summed E-state index contributed by atoms with van der Waals surface area (Å²) < 4.78 is 0. The van der Waals surface area contributed by atoms with E-state index in [1.165, 1.54) is 0 Å². The fourth-order valence-corrected chi connectivity index (χ4v) is 0.876. The van der Waals surface area contributed by atoms with Crippen molar-refractivity contribution < 1.29 is 5.11 Å². The largest absolute Gasteiger partial charge is 0.395 e. The lowest BCUT2D eigenvalue weighted by atomic mass is 10.7. The topological polar surface area (TPSA) is 112 Å². The van der Waals surface area contributed by atoms with Gasteiger partial charge in [0.1, 0.15) is 0 Å². The number of hydrogen-bond acceptors (Lipinski definition) is 8. The number of rotatable bonds is 5. The number of aliphatic hydroxyl groups excluding tert-OH is 1. The SMILES string of the molecule is CN(C)c1nc(NN)nc(NCCO)n1. The van der Waals surface area contributed by atoms with E-state index in [4.69, 9.17) is 10.9 Å². The van der Waals surface area contributed by atoms with Crippen LogP contribution in [0.25, 0.3) is 0 Å². The van der Waals surface area contributed by atoms with Crippen LogP contribution in [0, 0.1) is 0 Å². The molecule has 1 heterocycles. The second-order valence-electron chi connectivity index (χ2n) is 2.97. The Labute approximate surface area is 87.5 Å². The number of aliphatic hydroxyl groups is 1. The van der Waals surface area contributed by atoms with Crippen molar-refractivity contribution in [3.8, 4) is 0 Å². The van der Waals surface area contributed by atoms with Gasteiger partial charge in [0.25, 0.3) is 0 Å². The summed E-state index contributed by atoms with van der Waals surface area (Å²) in [5.74, 6) is 6.35. The maximum absolute atomic E-state index is 8.65. The summed E-state index contributed by atoms with van der Waals surface area (Å²) in [6.07, 6.45) is 0.